The minimum absolute atomic E-state index is 0.774. The van der Waals surface area contributed by atoms with Crippen molar-refractivity contribution in [2.75, 3.05) is 7.05 Å². The second kappa shape index (κ2) is 5.34. The first kappa shape index (κ1) is 12.1. The molecule has 2 aromatic rings. The molecule has 0 fully saturated rings. The summed E-state index contributed by atoms with van der Waals surface area (Å²) in [6.45, 7) is 3.65. The van der Waals surface area contributed by atoms with Gasteiger partial charge in [-0.3, -0.25) is 0 Å². The Labute approximate surface area is 106 Å². The Morgan fingerprint density at radius 3 is 2.94 bits per heavy atom. The van der Waals surface area contributed by atoms with Crippen LogP contribution >= 0.6 is 11.6 Å². The Balaban J connectivity index is 2.26. The Morgan fingerprint density at radius 2 is 2.24 bits per heavy atom. The summed E-state index contributed by atoms with van der Waals surface area (Å²) in [5.74, 6) is 1.02. The molecule has 0 aliphatic carbocycles. The van der Waals surface area contributed by atoms with E-state index >= 15 is 0 Å². The summed E-state index contributed by atoms with van der Waals surface area (Å²) in [4.78, 5) is 4.34. The summed E-state index contributed by atoms with van der Waals surface area (Å²) in [7, 11) is 1.94. The second-order valence-corrected chi connectivity index (χ2v) is 4.48. The van der Waals surface area contributed by atoms with Gasteiger partial charge in [-0.05, 0) is 31.7 Å². The standard InChI is InChI=1S/C13H16ClN3/c1-10-16-8-13(7-15-2)17(10)9-11-4-3-5-12(14)6-11/h3-6,8,15H,7,9H2,1-2H3. The molecule has 0 aliphatic rings. The van der Waals surface area contributed by atoms with Gasteiger partial charge in [0.05, 0.1) is 5.69 Å². The molecule has 1 aromatic carbocycles. The third kappa shape index (κ3) is 2.87. The van der Waals surface area contributed by atoms with Gasteiger partial charge >= 0.3 is 0 Å². The van der Waals surface area contributed by atoms with Crippen LogP contribution in [0.4, 0.5) is 0 Å². The first-order chi connectivity index (χ1) is 8.20. The maximum atomic E-state index is 5.99. The van der Waals surface area contributed by atoms with E-state index in [1.165, 1.54) is 11.3 Å². The molecule has 0 saturated carbocycles. The van der Waals surface area contributed by atoms with Crippen LogP contribution in [0, 0.1) is 6.92 Å². The maximum Gasteiger partial charge on any atom is 0.106 e. The third-order valence-electron chi connectivity index (χ3n) is 2.73. The molecule has 0 saturated heterocycles. The van der Waals surface area contributed by atoms with Crippen molar-refractivity contribution in [3.05, 3.63) is 52.6 Å². The fraction of sp³-hybridized carbons (Fsp3) is 0.308. The van der Waals surface area contributed by atoms with Gasteiger partial charge in [-0.15, -0.1) is 0 Å². The lowest BCUT2D eigenvalue weighted by molar-refractivity contribution is 0.676. The highest BCUT2D eigenvalue weighted by molar-refractivity contribution is 6.30. The average Bonchev–Trinajstić information content (AvgIpc) is 2.62. The molecule has 90 valence electrons. The molecule has 1 N–H and O–H groups in total. The van der Waals surface area contributed by atoms with E-state index in [1.807, 2.05) is 38.4 Å². The number of aromatic nitrogens is 2. The molecule has 0 amide bonds. The molecule has 0 bridgehead atoms. The van der Waals surface area contributed by atoms with Crippen molar-refractivity contribution in [3.8, 4) is 0 Å². The van der Waals surface area contributed by atoms with Crippen LogP contribution in [0.1, 0.15) is 17.1 Å². The number of aryl methyl sites for hydroxylation is 1. The molecular formula is C13H16ClN3. The van der Waals surface area contributed by atoms with Crippen molar-refractivity contribution < 1.29 is 0 Å². The lowest BCUT2D eigenvalue weighted by Crippen LogP contribution is -2.12. The molecule has 17 heavy (non-hydrogen) atoms. The SMILES string of the molecule is CNCc1cnc(C)n1Cc1cccc(Cl)c1. The highest BCUT2D eigenvalue weighted by atomic mass is 35.5. The smallest absolute Gasteiger partial charge is 0.106 e. The van der Waals surface area contributed by atoms with Gasteiger partial charge in [0.25, 0.3) is 0 Å². The van der Waals surface area contributed by atoms with E-state index in [0.29, 0.717) is 0 Å². The Bertz CT molecular complexity index is 505. The molecule has 0 aliphatic heterocycles. The van der Waals surface area contributed by atoms with E-state index in [2.05, 4.69) is 20.9 Å². The second-order valence-electron chi connectivity index (χ2n) is 4.04. The Kier molecular flexibility index (Phi) is 3.82. The zero-order valence-electron chi connectivity index (χ0n) is 10.1. The highest BCUT2D eigenvalue weighted by Crippen LogP contribution is 2.14. The lowest BCUT2D eigenvalue weighted by atomic mass is 10.2. The Morgan fingerprint density at radius 1 is 1.41 bits per heavy atom. The van der Waals surface area contributed by atoms with Crippen LogP contribution < -0.4 is 5.32 Å². The van der Waals surface area contributed by atoms with Gasteiger partial charge in [0, 0.05) is 24.3 Å². The van der Waals surface area contributed by atoms with E-state index in [-0.39, 0.29) is 0 Å². The van der Waals surface area contributed by atoms with Gasteiger partial charge in [0.1, 0.15) is 5.82 Å². The number of imidazole rings is 1. The molecule has 0 spiro atoms. The van der Waals surface area contributed by atoms with Crippen molar-refractivity contribution in [1.82, 2.24) is 14.9 Å². The average molecular weight is 250 g/mol. The number of nitrogens with one attached hydrogen (secondary N) is 1. The van der Waals surface area contributed by atoms with E-state index in [9.17, 15) is 0 Å². The van der Waals surface area contributed by atoms with Gasteiger partial charge in [-0.1, -0.05) is 23.7 Å². The topological polar surface area (TPSA) is 29.9 Å². The molecule has 2 rings (SSSR count). The molecule has 0 unspecified atom stereocenters. The Hall–Kier alpha value is -1.32. The fourth-order valence-electron chi connectivity index (χ4n) is 1.87. The molecular weight excluding hydrogens is 234 g/mol. The maximum absolute atomic E-state index is 5.99. The largest absolute Gasteiger partial charge is 0.327 e. The monoisotopic (exact) mass is 249 g/mol. The van der Waals surface area contributed by atoms with Crippen LogP contribution in [0.25, 0.3) is 0 Å². The van der Waals surface area contributed by atoms with Gasteiger partial charge in [-0.2, -0.15) is 0 Å². The van der Waals surface area contributed by atoms with Crippen molar-refractivity contribution in [3.63, 3.8) is 0 Å². The van der Waals surface area contributed by atoms with Crippen LogP contribution in [-0.4, -0.2) is 16.6 Å². The van der Waals surface area contributed by atoms with Crippen LogP contribution in [-0.2, 0) is 13.1 Å². The van der Waals surface area contributed by atoms with E-state index in [4.69, 9.17) is 11.6 Å². The predicted molar refractivity (Wildman–Crippen MR) is 70.3 cm³/mol. The molecule has 4 heteroatoms. The minimum Gasteiger partial charge on any atom is -0.327 e. The first-order valence-electron chi connectivity index (χ1n) is 5.60. The zero-order valence-corrected chi connectivity index (χ0v) is 10.8. The van der Waals surface area contributed by atoms with Gasteiger partial charge in [-0.25, -0.2) is 4.98 Å². The minimum atomic E-state index is 0.774. The first-order valence-corrected chi connectivity index (χ1v) is 5.98. The quantitative estimate of drug-likeness (QED) is 0.903. The number of halogens is 1. The summed E-state index contributed by atoms with van der Waals surface area (Å²) in [6.07, 6.45) is 1.91. The van der Waals surface area contributed by atoms with Crippen LogP contribution in [0.5, 0.6) is 0 Å². The molecule has 1 heterocycles. The van der Waals surface area contributed by atoms with Gasteiger partial charge in [0.2, 0.25) is 0 Å². The van der Waals surface area contributed by atoms with Crippen molar-refractivity contribution in [1.29, 1.82) is 0 Å². The normalized spacial score (nSPS) is 10.8. The number of hydrogen-bond acceptors (Lipinski definition) is 2. The third-order valence-corrected chi connectivity index (χ3v) is 2.96. The van der Waals surface area contributed by atoms with Crippen molar-refractivity contribution >= 4 is 11.6 Å². The number of benzene rings is 1. The number of hydrogen-bond donors (Lipinski definition) is 1. The summed E-state index contributed by atoms with van der Waals surface area (Å²) in [6, 6.07) is 7.93. The van der Waals surface area contributed by atoms with Crippen LogP contribution in [0.3, 0.4) is 0 Å². The van der Waals surface area contributed by atoms with Crippen molar-refractivity contribution in [2.24, 2.45) is 0 Å². The van der Waals surface area contributed by atoms with E-state index < -0.39 is 0 Å². The van der Waals surface area contributed by atoms with Gasteiger partial charge in [0.15, 0.2) is 0 Å². The van der Waals surface area contributed by atoms with Gasteiger partial charge < -0.3 is 9.88 Å². The van der Waals surface area contributed by atoms with Crippen LogP contribution in [0.2, 0.25) is 5.02 Å². The lowest BCUT2D eigenvalue weighted by Gasteiger charge is -2.10. The summed E-state index contributed by atoms with van der Waals surface area (Å²) in [5.41, 5.74) is 2.38. The van der Waals surface area contributed by atoms with Crippen LogP contribution in [0.15, 0.2) is 30.5 Å². The van der Waals surface area contributed by atoms with E-state index in [1.54, 1.807) is 0 Å². The summed E-state index contributed by atoms with van der Waals surface area (Å²) >= 11 is 5.99. The number of nitrogens with zero attached hydrogens (tertiary/aromatic N) is 2. The summed E-state index contributed by atoms with van der Waals surface area (Å²) in [5, 5.41) is 3.92. The summed E-state index contributed by atoms with van der Waals surface area (Å²) < 4.78 is 2.20. The predicted octanol–water partition coefficient (Wildman–Crippen LogP) is 2.61. The highest BCUT2D eigenvalue weighted by Gasteiger charge is 2.06. The number of rotatable bonds is 4. The molecule has 0 atom stereocenters. The molecule has 0 radical (unpaired) electrons. The van der Waals surface area contributed by atoms with E-state index in [0.717, 1.165) is 23.9 Å². The van der Waals surface area contributed by atoms with Crippen molar-refractivity contribution in [2.45, 2.75) is 20.0 Å². The fourth-order valence-corrected chi connectivity index (χ4v) is 2.08. The zero-order chi connectivity index (χ0) is 12.3. The molecule has 3 nitrogen and oxygen atoms in total. The molecule has 1 aromatic heterocycles.